The molecule has 0 bridgehead atoms. The largest absolute Gasteiger partial charge is 0.497 e. The van der Waals surface area contributed by atoms with E-state index in [0.717, 1.165) is 0 Å². The molecule has 0 saturated carbocycles. The van der Waals surface area contributed by atoms with Gasteiger partial charge in [-0.15, -0.1) is 0 Å². The zero-order valence-corrected chi connectivity index (χ0v) is 17.4. The van der Waals surface area contributed by atoms with Gasteiger partial charge in [0, 0.05) is 12.5 Å². The van der Waals surface area contributed by atoms with E-state index < -0.39 is 21.5 Å². The normalized spacial score (nSPS) is 12.7. The highest BCUT2D eigenvalue weighted by molar-refractivity contribution is 7.89. The number of rotatable bonds is 7. The van der Waals surface area contributed by atoms with Crippen molar-refractivity contribution in [1.29, 1.82) is 0 Å². The quantitative estimate of drug-likeness (QED) is 0.419. The van der Waals surface area contributed by atoms with Gasteiger partial charge in [-0.25, -0.2) is 18.6 Å². The zero-order chi connectivity index (χ0) is 20.7. The van der Waals surface area contributed by atoms with E-state index in [2.05, 4.69) is 22.2 Å². The fourth-order valence-electron chi connectivity index (χ4n) is 1.99. The standard InChI is InChI=1S/C19H28N2O5S/c1-14(2)17(18(22)21-26-19(3,4)5)8-7-13-20-27(23,24)16-11-9-15(25-6)10-12-16/h9-12,14,17,20H,8H2,1-6H3,(H,21,22)/t17-/m1/s1. The number of ether oxygens (including phenoxy) is 1. The van der Waals surface area contributed by atoms with Crippen LogP contribution in [0.1, 0.15) is 41.0 Å². The molecule has 0 aliphatic heterocycles. The first-order valence-electron chi connectivity index (χ1n) is 8.58. The number of hydroxylamine groups is 1. The van der Waals surface area contributed by atoms with Gasteiger partial charge in [-0.05, 0) is 51.0 Å². The third kappa shape index (κ3) is 7.89. The second-order valence-electron chi connectivity index (χ2n) is 7.32. The van der Waals surface area contributed by atoms with E-state index in [-0.39, 0.29) is 23.1 Å². The van der Waals surface area contributed by atoms with Crippen LogP contribution in [0.25, 0.3) is 0 Å². The molecule has 0 aliphatic carbocycles. The van der Waals surface area contributed by atoms with Gasteiger partial charge in [0.15, 0.2) is 0 Å². The van der Waals surface area contributed by atoms with Crippen LogP contribution in [0.3, 0.4) is 0 Å². The minimum absolute atomic E-state index is 0.0149. The lowest BCUT2D eigenvalue weighted by atomic mass is 9.92. The highest BCUT2D eigenvalue weighted by atomic mass is 32.2. The summed E-state index contributed by atoms with van der Waals surface area (Å²) in [7, 11) is -2.26. The Labute approximate surface area is 161 Å². The maximum atomic E-state index is 12.2. The number of sulfonamides is 1. The van der Waals surface area contributed by atoms with Crippen LogP contribution >= 0.6 is 0 Å². The van der Waals surface area contributed by atoms with Crippen molar-refractivity contribution in [3.63, 3.8) is 0 Å². The Balaban J connectivity index is 2.71. The van der Waals surface area contributed by atoms with Gasteiger partial charge in [-0.1, -0.05) is 19.8 Å². The number of hydrogen-bond donors (Lipinski definition) is 2. The molecule has 0 saturated heterocycles. The molecule has 0 fully saturated rings. The first-order chi connectivity index (χ1) is 12.5. The van der Waals surface area contributed by atoms with Gasteiger partial charge in [0.25, 0.3) is 10.0 Å². The minimum atomic E-state index is -3.76. The number of nitrogens with one attached hydrogen (secondary N) is 2. The molecule has 0 radical (unpaired) electrons. The maximum absolute atomic E-state index is 12.2. The highest BCUT2D eigenvalue weighted by Gasteiger charge is 2.23. The molecule has 1 aromatic rings. The van der Waals surface area contributed by atoms with Crippen LogP contribution in [-0.2, 0) is 19.7 Å². The molecule has 2 N–H and O–H groups in total. The summed E-state index contributed by atoms with van der Waals surface area (Å²) < 4.78 is 31.6. The molecule has 1 rings (SSSR count). The molecule has 7 nitrogen and oxygen atoms in total. The molecule has 0 aliphatic rings. The predicted molar refractivity (Wildman–Crippen MR) is 103 cm³/mol. The summed E-state index contributed by atoms with van der Waals surface area (Å²) in [4.78, 5) is 17.6. The highest BCUT2D eigenvalue weighted by Crippen LogP contribution is 2.17. The van der Waals surface area contributed by atoms with Crippen LogP contribution < -0.4 is 14.9 Å². The Kier molecular flexibility index (Phi) is 8.13. The van der Waals surface area contributed by atoms with Gasteiger partial charge >= 0.3 is 0 Å². The van der Waals surface area contributed by atoms with Crippen LogP contribution in [-0.4, -0.2) is 27.0 Å². The van der Waals surface area contributed by atoms with Crippen molar-refractivity contribution in [1.82, 2.24) is 10.2 Å². The van der Waals surface area contributed by atoms with Gasteiger partial charge in [0.05, 0.1) is 23.5 Å². The van der Waals surface area contributed by atoms with Crippen molar-refractivity contribution >= 4 is 15.9 Å². The molecule has 27 heavy (non-hydrogen) atoms. The monoisotopic (exact) mass is 396 g/mol. The maximum Gasteiger partial charge on any atom is 0.268 e. The molecule has 150 valence electrons. The smallest absolute Gasteiger partial charge is 0.268 e. The molecule has 1 atom stereocenters. The lowest BCUT2D eigenvalue weighted by molar-refractivity contribution is -0.150. The first kappa shape index (κ1) is 22.8. The molecule has 0 aromatic heterocycles. The molecule has 8 heteroatoms. The predicted octanol–water partition coefficient (Wildman–Crippen LogP) is 2.44. The van der Waals surface area contributed by atoms with E-state index in [1.807, 2.05) is 34.6 Å². The number of benzene rings is 1. The van der Waals surface area contributed by atoms with Crippen LogP contribution in [0, 0.1) is 23.8 Å². The third-order valence-corrected chi connectivity index (χ3v) is 4.83. The lowest BCUT2D eigenvalue weighted by Gasteiger charge is -2.23. The van der Waals surface area contributed by atoms with E-state index in [9.17, 15) is 13.2 Å². The Morgan fingerprint density at radius 2 is 1.78 bits per heavy atom. The van der Waals surface area contributed by atoms with Crippen LogP contribution in [0.4, 0.5) is 0 Å². The SMILES string of the molecule is COc1ccc(S(=O)(=O)NC#CC[C@@H](C(=O)NOC(C)(C)C)C(C)C)cc1. The second-order valence-corrected chi connectivity index (χ2v) is 9.00. The summed E-state index contributed by atoms with van der Waals surface area (Å²) in [6, 6.07) is 8.38. The molecule has 1 aromatic carbocycles. The first-order valence-corrected chi connectivity index (χ1v) is 10.1. The summed E-state index contributed by atoms with van der Waals surface area (Å²) in [5.74, 6) is 2.57. The van der Waals surface area contributed by atoms with Crippen LogP contribution in [0.15, 0.2) is 29.2 Å². The number of carbonyl (C=O) groups excluding carboxylic acids is 1. The Bertz CT molecular complexity index is 784. The summed E-state index contributed by atoms with van der Waals surface area (Å²) in [5, 5.41) is 0. The van der Waals surface area contributed by atoms with Crippen molar-refractivity contribution in [2.24, 2.45) is 11.8 Å². The topological polar surface area (TPSA) is 93.7 Å². The number of carbonyl (C=O) groups is 1. The third-order valence-electron chi connectivity index (χ3n) is 3.56. The average molecular weight is 397 g/mol. The molecular formula is C19H28N2O5S. The average Bonchev–Trinajstić information content (AvgIpc) is 2.58. The fraction of sp³-hybridized carbons (Fsp3) is 0.526. The van der Waals surface area contributed by atoms with Gasteiger partial charge in [0.2, 0.25) is 5.91 Å². The van der Waals surface area contributed by atoms with Crippen molar-refractivity contribution < 1.29 is 22.8 Å². The molecule has 0 spiro atoms. The number of amides is 1. The van der Waals surface area contributed by atoms with Gasteiger partial charge in [-0.2, -0.15) is 0 Å². The van der Waals surface area contributed by atoms with Gasteiger partial charge in [0.1, 0.15) is 5.75 Å². The molecular weight excluding hydrogens is 368 g/mol. The number of methoxy groups -OCH3 is 1. The summed E-state index contributed by atoms with van der Waals surface area (Å²) in [5.41, 5.74) is 1.94. The van der Waals surface area contributed by atoms with Gasteiger partial charge in [-0.3, -0.25) is 9.63 Å². The lowest BCUT2D eigenvalue weighted by Crippen LogP contribution is -2.38. The van der Waals surface area contributed by atoms with Crippen molar-refractivity contribution in [3.8, 4) is 17.7 Å². The molecule has 1 amide bonds. The molecule has 0 unspecified atom stereocenters. The van der Waals surface area contributed by atoms with E-state index in [4.69, 9.17) is 9.57 Å². The minimum Gasteiger partial charge on any atom is -0.497 e. The summed E-state index contributed by atoms with van der Waals surface area (Å²) in [6.45, 7) is 9.26. The Hall–Kier alpha value is -2.24. The van der Waals surface area contributed by atoms with E-state index >= 15 is 0 Å². The Morgan fingerprint density at radius 3 is 2.26 bits per heavy atom. The Morgan fingerprint density at radius 1 is 1.19 bits per heavy atom. The van der Waals surface area contributed by atoms with Crippen molar-refractivity contribution in [2.45, 2.75) is 51.5 Å². The summed E-state index contributed by atoms with van der Waals surface area (Å²) >= 11 is 0. The van der Waals surface area contributed by atoms with Crippen molar-refractivity contribution in [3.05, 3.63) is 24.3 Å². The van der Waals surface area contributed by atoms with E-state index in [1.54, 1.807) is 12.1 Å². The molecule has 0 heterocycles. The van der Waals surface area contributed by atoms with E-state index in [0.29, 0.717) is 5.75 Å². The second kappa shape index (κ2) is 9.62. The van der Waals surface area contributed by atoms with Crippen LogP contribution in [0.2, 0.25) is 0 Å². The van der Waals surface area contributed by atoms with Crippen LogP contribution in [0.5, 0.6) is 5.75 Å². The zero-order valence-electron chi connectivity index (χ0n) is 16.6. The fourth-order valence-corrected chi connectivity index (χ4v) is 2.81. The van der Waals surface area contributed by atoms with E-state index in [1.165, 1.54) is 19.2 Å². The van der Waals surface area contributed by atoms with Gasteiger partial charge < -0.3 is 4.74 Å². The number of hydrogen-bond acceptors (Lipinski definition) is 5. The van der Waals surface area contributed by atoms with Crippen molar-refractivity contribution in [2.75, 3.05) is 7.11 Å². The summed E-state index contributed by atoms with van der Waals surface area (Å²) in [6.07, 6.45) is 0.197.